The summed E-state index contributed by atoms with van der Waals surface area (Å²) in [5.41, 5.74) is -0.676. The second kappa shape index (κ2) is 6.53. The molecular weight excluding hydrogens is 352 g/mol. The Morgan fingerprint density at radius 3 is 2.38 bits per heavy atom. The van der Waals surface area contributed by atoms with Gasteiger partial charge in [0.1, 0.15) is 10.6 Å². The number of carbonyl (C=O) groups excluding carboxylic acids is 1. The van der Waals surface area contributed by atoms with Gasteiger partial charge in [-0.25, -0.2) is 12.7 Å². The zero-order chi connectivity index (χ0) is 19.2. The first kappa shape index (κ1) is 19.2. The molecule has 0 unspecified atom stereocenters. The minimum Gasteiger partial charge on any atom is -0.492 e. The Labute approximate surface area is 156 Å². The minimum atomic E-state index is -3.58. The smallest absolute Gasteiger partial charge is 0.246 e. The molecule has 2 aliphatic heterocycles. The van der Waals surface area contributed by atoms with Crippen LogP contribution in [0.1, 0.15) is 33.6 Å². The van der Waals surface area contributed by atoms with Gasteiger partial charge in [-0.05, 0) is 25.0 Å². The number of hydrogen-bond acceptors (Lipinski definition) is 4. The van der Waals surface area contributed by atoms with Crippen LogP contribution in [-0.4, -0.2) is 56.8 Å². The first-order chi connectivity index (χ1) is 12.1. The van der Waals surface area contributed by atoms with Crippen molar-refractivity contribution in [1.82, 2.24) is 9.21 Å². The van der Waals surface area contributed by atoms with Gasteiger partial charge in [0.15, 0.2) is 0 Å². The van der Waals surface area contributed by atoms with E-state index < -0.39 is 15.4 Å². The van der Waals surface area contributed by atoms with Crippen LogP contribution in [0.15, 0.2) is 29.2 Å². The monoisotopic (exact) mass is 380 g/mol. The van der Waals surface area contributed by atoms with Crippen molar-refractivity contribution in [2.75, 3.05) is 33.3 Å². The van der Waals surface area contributed by atoms with E-state index in [9.17, 15) is 13.2 Å². The summed E-state index contributed by atoms with van der Waals surface area (Å²) in [5, 5.41) is 0. The maximum absolute atomic E-state index is 12.9. The molecule has 0 aliphatic carbocycles. The molecule has 0 atom stereocenters. The standard InChI is InChI=1S/C19H28N2O4S/c1-18(2,3)17(22)21-11-9-19(10-12-21)13-20(4)26(23,24)16-8-6-5-7-15(16)25-14-19/h5-8H,9-14H2,1-4H3. The van der Waals surface area contributed by atoms with Crippen LogP contribution in [0, 0.1) is 10.8 Å². The van der Waals surface area contributed by atoms with Gasteiger partial charge in [-0.1, -0.05) is 32.9 Å². The summed E-state index contributed by atoms with van der Waals surface area (Å²) in [7, 11) is -1.95. The summed E-state index contributed by atoms with van der Waals surface area (Å²) < 4.78 is 33.2. The van der Waals surface area contributed by atoms with Gasteiger partial charge in [0, 0.05) is 37.5 Å². The van der Waals surface area contributed by atoms with E-state index in [0.717, 1.165) is 12.8 Å². The van der Waals surface area contributed by atoms with E-state index in [1.807, 2.05) is 25.7 Å². The number of likely N-dealkylation sites (tertiary alicyclic amines) is 1. The van der Waals surface area contributed by atoms with Crippen molar-refractivity contribution in [1.29, 1.82) is 0 Å². The molecule has 2 heterocycles. The molecule has 1 fully saturated rings. The lowest BCUT2D eigenvalue weighted by atomic mass is 9.78. The van der Waals surface area contributed by atoms with Crippen LogP contribution >= 0.6 is 0 Å². The summed E-state index contributed by atoms with van der Waals surface area (Å²) in [4.78, 5) is 14.6. The van der Waals surface area contributed by atoms with Crippen LogP contribution in [0.2, 0.25) is 0 Å². The van der Waals surface area contributed by atoms with E-state index in [1.54, 1.807) is 31.3 Å². The molecule has 144 valence electrons. The molecule has 1 aromatic carbocycles. The zero-order valence-corrected chi connectivity index (χ0v) is 16.8. The summed E-state index contributed by atoms with van der Waals surface area (Å²) in [5.74, 6) is 0.553. The maximum Gasteiger partial charge on any atom is 0.246 e. The number of sulfonamides is 1. The van der Waals surface area contributed by atoms with E-state index in [-0.39, 0.29) is 16.2 Å². The molecule has 26 heavy (non-hydrogen) atoms. The number of ether oxygens (including phenoxy) is 1. The number of benzene rings is 1. The lowest BCUT2D eigenvalue weighted by molar-refractivity contribution is -0.142. The van der Waals surface area contributed by atoms with Crippen molar-refractivity contribution in [2.24, 2.45) is 10.8 Å². The molecule has 1 aromatic rings. The van der Waals surface area contributed by atoms with Crippen molar-refractivity contribution >= 4 is 15.9 Å². The molecular formula is C19H28N2O4S. The molecule has 0 aromatic heterocycles. The number of carbonyl (C=O) groups is 1. The van der Waals surface area contributed by atoms with E-state index in [4.69, 9.17) is 4.74 Å². The Bertz CT molecular complexity index is 790. The number of amides is 1. The molecule has 1 spiro atoms. The second-order valence-electron chi connectivity index (χ2n) is 8.54. The Morgan fingerprint density at radius 2 is 1.77 bits per heavy atom. The Morgan fingerprint density at radius 1 is 1.15 bits per heavy atom. The van der Waals surface area contributed by atoms with Crippen molar-refractivity contribution in [3.05, 3.63) is 24.3 Å². The lowest BCUT2D eigenvalue weighted by Gasteiger charge is -2.45. The number of rotatable bonds is 0. The fraction of sp³-hybridized carbons (Fsp3) is 0.632. The Hall–Kier alpha value is -1.60. The summed E-state index contributed by atoms with van der Waals surface area (Å²) >= 11 is 0. The fourth-order valence-corrected chi connectivity index (χ4v) is 5.16. The highest BCUT2D eigenvalue weighted by Gasteiger charge is 2.43. The maximum atomic E-state index is 12.9. The van der Waals surface area contributed by atoms with Crippen LogP contribution in [0.5, 0.6) is 5.75 Å². The van der Waals surface area contributed by atoms with Gasteiger partial charge in [-0.2, -0.15) is 0 Å². The predicted molar refractivity (Wildman–Crippen MR) is 99.5 cm³/mol. The van der Waals surface area contributed by atoms with Gasteiger partial charge in [0.25, 0.3) is 0 Å². The number of para-hydroxylation sites is 1. The Kier molecular flexibility index (Phi) is 4.82. The SMILES string of the molecule is CN1CC2(CCN(C(=O)C(C)(C)C)CC2)COc2ccccc2S1(=O)=O. The van der Waals surface area contributed by atoms with Crippen molar-refractivity contribution in [2.45, 2.75) is 38.5 Å². The zero-order valence-electron chi connectivity index (χ0n) is 16.0. The van der Waals surface area contributed by atoms with Crippen molar-refractivity contribution in [3.63, 3.8) is 0 Å². The molecule has 0 radical (unpaired) electrons. The molecule has 7 heteroatoms. The topological polar surface area (TPSA) is 66.9 Å². The van der Waals surface area contributed by atoms with Crippen LogP contribution in [0.4, 0.5) is 0 Å². The van der Waals surface area contributed by atoms with Gasteiger partial charge in [0.2, 0.25) is 15.9 Å². The quantitative estimate of drug-likeness (QED) is 0.693. The van der Waals surface area contributed by atoms with Gasteiger partial charge < -0.3 is 9.64 Å². The molecule has 0 bridgehead atoms. The molecule has 0 N–H and O–H groups in total. The average molecular weight is 381 g/mol. The van der Waals surface area contributed by atoms with Crippen LogP contribution < -0.4 is 4.74 Å². The second-order valence-corrected chi connectivity index (χ2v) is 10.6. The highest BCUT2D eigenvalue weighted by Crippen LogP contribution is 2.39. The van der Waals surface area contributed by atoms with E-state index >= 15 is 0 Å². The molecule has 3 rings (SSSR count). The Balaban J connectivity index is 1.83. The van der Waals surface area contributed by atoms with Crippen LogP contribution in [0.3, 0.4) is 0 Å². The lowest BCUT2D eigenvalue weighted by Crippen LogP contribution is -2.53. The average Bonchev–Trinajstić information content (AvgIpc) is 2.59. The van der Waals surface area contributed by atoms with Gasteiger partial charge in [0.05, 0.1) is 6.61 Å². The van der Waals surface area contributed by atoms with E-state index in [1.165, 1.54) is 4.31 Å². The number of fused-ring (bicyclic) bond motifs is 1. The number of piperidine rings is 1. The highest BCUT2D eigenvalue weighted by atomic mass is 32.2. The van der Waals surface area contributed by atoms with Gasteiger partial charge >= 0.3 is 0 Å². The predicted octanol–water partition coefficient (Wildman–Crippen LogP) is 2.35. The van der Waals surface area contributed by atoms with Crippen LogP contribution in [-0.2, 0) is 14.8 Å². The van der Waals surface area contributed by atoms with E-state index in [2.05, 4.69) is 0 Å². The third-order valence-corrected chi connectivity index (χ3v) is 7.23. The van der Waals surface area contributed by atoms with Gasteiger partial charge in [-0.15, -0.1) is 0 Å². The minimum absolute atomic E-state index is 0.144. The molecule has 6 nitrogen and oxygen atoms in total. The first-order valence-corrected chi connectivity index (χ1v) is 10.5. The first-order valence-electron chi connectivity index (χ1n) is 9.03. The van der Waals surface area contributed by atoms with E-state index in [0.29, 0.717) is 32.0 Å². The van der Waals surface area contributed by atoms with Crippen molar-refractivity contribution < 1.29 is 17.9 Å². The molecule has 2 aliphatic rings. The molecule has 1 amide bonds. The number of nitrogens with zero attached hydrogens (tertiary/aromatic N) is 2. The molecule has 1 saturated heterocycles. The van der Waals surface area contributed by atoms with Gasteiger partial charge in [-0.3, -0.25) is 4.79 Å². The molecule has 0 saturated carbocycles. The summed E-state index contributed by atoms with van der Waals surface area (Å²) in [6.07, 6.45) is 1.47. The summed E-state index contributed by atoms with van der Waals surface area (Å²) in [6, 6.07) is 6.79. The fourth-order valence-electron chi connectivity index (χ4n) is 3.75. The third kappa shape index (κ3) is 3.47. The number of hydrogen-bond donors (Lipinski definition) is 0. The highest BCUT2D eigenvalue weighted by molar-refractivity contribution is 7.89. The van der Waals surface area contributed by atoms with Crippen molar-refractivity contribution in [3.8, 4) is 5.75 Å². The normalized spacial score (nSPS) is 22.8. The summed E-state index contributed by atoms with van der Waals surface area (Å²) in [6.45, 7) is 7.91. The third-order valence-electron chi connectivity index (χ3n) is 5.38. The largest absolute Gasteiger partial charge is 0.492 e. The van der Waals surface area contributed by atoms with Crippen LogP contribution in [0.25, 0.3) is 0 Å².